The highest BCUT2D eigenvalue weighted by atomic mass is 16.6. The molecular weight excluding hydrogens is 1220 g/mol. The fraction of sp³-hybridized carbons (Fsp3) is 0.274. The highest BCUT2D eigenvalue weighted by Crippen LogP contribution is 2.67. The summed E-state index contributed by atoms with van der Waals surface area (Å²) in [6, 6.07) is 48.8. The molecule has 3 aromatic heterocycles. The number of H-pyrrole nitrogens is 3. The molecule has 0 radical (unpaired) electrons. The summed E-state index contributed by atoms with van der Waals surface area (Å²) in [4.78, 5) is 114. The van der Waals surface area contributed by atoms with Gasteiger partial charge in [-0.15, -0.1) is 0 Å². The quantitative estimate of drug-likeness (QED) is 0.0218. The van der Waals surface area contributed by atoms with E-state index in [9.17, 15) is 44.1 Å². The van der Waals surface area contributed by atoms with Crippen molar-refractivity contribution < 1.29 is 47.9 Å². The van der Waals surface area contributed by atoms with Crippen molar-refractivity contribution in [2.75, 3.05) is 36.3 Å². The number of hydrogen-bond acceptors (Lipinski definition) is 15. The van der Waals surface area contributed by atoms with Crippen LogP contribution in [0.4, 0.5) is 17.8 Å². The van der Waals surface area contributed by atoms with E-state index in [-0.39, 0.29) is 89.1 Å². The van der Waals surface area contributed by atoms with Gasteiger partial charge in [-0.1, -0.05) is 146 Å². The minimum atomic E-state index is -1.53. The lowest BCUT2D eigenvalue weighted by Gasteiger charge is -2.54. The first-order chi connectivity index (χ1) is 46.2. The van der Waals surface area contributed by atoms with Gasteiger partial charge in [0.25, 0.3) is 11.1 Å². The first kappa shape index (κ1) is 62.9. The SMILES string of the molecule is CCOC(=O)c1cnc(NC(=O)C2(C)CC3([N+](=O)[O-])c4ccccc4C2c2ccccc23)[nH]1.COC(=O)c1cnc(NC(=O)C2(C)CC3(C#N)c4ccccc4C2c2ccccc23)[nH]1.[C-]#[N+]C12CC(C)(C(=O)Nc3ncc(C(=O)OCC)[nH]3)C(c3ccccc31)c1ccccc12. The number of ether oxygens (including phenoxy) is 3. The molecule has 6 aromatic carbocycles. The Morgan fingerprint density at radius 2 is 0.844 bits per heavy atom. The molecular formula is C73H64N12O11. The Morgan fingerprint density at radius 3 is 1.19 bits per heavy atom. The van der Waals surface area contributed by atoms with Crippen LogP contribution < -0.4 is 16.0 Å². The molecule has 0 saturated carbocycles. The van der Waals surface area contributed by atoms with Crippen molar-refractivity contribution in [3.8, 4) is 6.07 Å². The van der Waals surface area contributed by atoms with Gasteiger partial charge in [0.1, 0.15) is 22.5 Å². The van der Waals surface area contributed by atoms with Crippen LogP contribution in [-0.4, -0.2) is 90.8 Å². The summed E-state index contributed by atoms with van der Waals surface area (Å²) in [6.07, 6.45) is 4.66. The second-order valence-electron chi connectivity index (χ2n) is 25.4. The fourth-order valence-electron chi connectivity index (χ4n) is 16.2. The molecule has 6 N–H and O–H groups in total. The first-order valence-electron chi connectivity index (χ1n) is 31.2. The number of nitrogens with zero attached hydrogens (tertiary/aromatic N) is 6. The molecule has 6 bridgehead atoms. The molecule has 9 aliphatic rings. The first-order valence-corrected chi connectivity index (χ1v) is 31.2. The van der Waals surface area contributed by atoms with Crippen LogP contribution in [0, 0.1) is 44.3 Å². The number of nitriles is 1. The van der Waals surface area contributed by atoms with E-state index in [1.54, 1.807) is 45.0 Å². The molecule has 3 atom stereocenters. The molecule has 23 nitrogen and oxygen atoms in total. The number of fused-ring (bicyclic) bond motifs is 3. The lowest BCUT2D eigenvalue weighted by Crippen LogP contribution is -2.57. The minimum absolute atomic E-state index is 0.00295. The van der Waals surface area contributed by atoms with Gasteiger partial charge in [-0.2, -0.15) is 5.26 Å². The van der Waals surface area contributed by atoms with Crippen LogP contribution >= 0.6 is 0 Å². The van der Waals surface area contributed by atoms with E-state index in [0.717, 1.165) is 55.6 Å². The van der Waals surface area contributed by atoms with E-state index in [0.29, 0.717) is 24.0 Å². The maximum absolute atomic E-state index is 13.7. The van der Waals surface area contributed by atoms with Crippen LogP contribution in [0.2, 0.25) is 0 Å². The van der Waals surface area contributed by atoms with Crippen LogP contribution in [0.3, 0.4) is 0 Å². The molecule has 0 aliphatic heterocycles. The van der Waals surface area contributed by atoms with Crippen molar-refractivity contribution in [2.24, 2.45) is 16.2 Å². The standard InChI is InChI=1S/C25H22N4O3.C24H22N4O5.C24H20N4O3/c1-4-32-21(30)19-13-27-23(28-19)29-22(31)24(2)14-25(26-3)17-11-7-5-9-15(17)20(24)16-10-6-8-12-18(16)25;1-3-33-20(29)18-12-25-22(26-18)27-21(30)23(2)13-24(28(31)32)16-10-6-4-8-14(16)19(23)15-9-5-7-11-17(15)24;1-23(21(30)28-22-26-11-18(27-22)20(29)31-2)12-24(13-25)16-9-5-3-7-14(16)19(23)15-8-4-6-10-17(15)24/h5-13,20H,4,14H2,1-2H3,(H2,27,28,29,31);4-12,19H,3,13H2,1-2H3,(H2,25,26,27,30);3-11,19H,12H2,1-2H3,(H2,26,27,28,30). The van der Waals surface area contributed by atoms with Crippen molar-refractivity contribution in [2.45, 2.75) is 88.1 Å². The number of aromatic amines is 3. The Morgan fingerprint density at radius 1 is 0.531 bits per heavy atom. The van der Waals surface area contributed by atoms with Crippen molar-refractivity contribution in [1.29, 1.82) is 5.26 Å². The summed E-state index contributed by atoms with van der Waals surface area (Å²) in [6.45, 7) is 17.6. The van der Waals surface area contributed by atoms with Crippen LogP contribution in [0.25, 0.3) is 4.85 Å². The lowest BCUT2D eigenvalue weighted by atomic mass is 9.47. The van der Waals surface area contributed by atoms with E-state index in [4.69, 9.17) is 16.0 Å². The summed E-state index contributed by atoms with van der Waals surface area (Å²) in [7, 11) is 1.28. The summed E-state index contributed by atoms with van der Waals surface area (Å²) in [5.41, 5.74) is 4.90. The third kappa shape index (κ3) is 9.46. The smallest absolute Gasteiger partial charge is 0.356 e. The van der Waals surface area contributed by atoms with E-state index in [2.05, 4.69) is 61.5 Å². The van der Waals surface area contributed by atoms with Gasteiger partial charge < -0.3 is 29.2 Å². The second-order valence-corrected chi connectivity index (χ2v) is 25.4. The minimum Gasteiger partial charge on any atom is -0.464 e. The molecule has 96 heavy (non-hydrogen) atoms. The molecule has 3 amide bonds. The Labute approximate surface area is 550 Å². The number of imidazole rings is 3. The molecule has 0 fully saturated rings. The summed E-state index contributed by atoms with van der Waals surface area (Å²) in [5.74, 6) is -2.93. The lowest BCUT2D eigenvalue weighted by molar-refractivity contribution is -0.573. The van der Waals surface area contributed by atoms with Crippen LogP contribution in [0.5, 0.6) is 0 Å². The molecule has 23 heteroatoms. The van der Waals surface area contributed by atoms with E-state index < -0.39 is 56.6 Å². The number of anilines is 3. The number of methoxy groups -OCH3 is 1. The maximum Gasteiger partial charge on any atom is 0.356 e. The second kappa shape index (κ2) is 23.6. The Balaban J connectivity index is 0.000000130. The fourth-order valence-corrected chi connectivity index (χ4v) is 16.2. The molecule has 9 aliphatic carbocycles. The molecule has 3 heterocycles. The monoisotopic (exact) mass is 1280 g/mol. The molecule has 9 aromatic rings. The van der Waals surface area contributed by atoms with Crippen molar-refractivity contribution in [3.63, 3.8) is 0 Å². The van der Waals surface area contributed by atoms with Gasteiger partial charge in [-0.25, -0.2) is 35.9 Å². The summed E-state index contributed by atoms with van der Waals surface area (Å²) < 4.78 is 14.6. The van der Waals surface area contributed by atoms with Gasteiger partial charge >= 0.3 is 17.9 Å². The number of rotatable bonds is 12. The van der Waals surface area contributed by atoms with Crippen molar-refractivity contribution >= 4 is 53.5 Å². The van der Waals surface area contributed by atoms with Gasteiger partial charge in [0.05, 0.1) is 61.2 Å². The Kier molecular flexibility index (Phi) is 15.5. The predicted molar refractivity (Wildman–Crippen MR) is 349 cm³/mol. The van der Waals surface area contributed by atoms with Gasteiger partial charge in [0, 0.05) is 57.8 Å². The highest BCUT2D eigenvalue weighted by Gasteiger charge is 2.68. The average molecular weight is 1290 g/mol. The van der Waals surface area contributed by atoms with E-state index in [1.807, 2.05) is 135 Å². The zero-order valence-corrected chi connectivity index (χ0v) is 53.0. The van der Waals surface area contributed by atoms with Crippen LogP contribution in [0.15, 0.2) is 164 Å². The topological polar surface area (TPSA) is 324 Å². The molecule has 18 rings (SSSR count). The van der Waals surface area contributed by atoms with E-state index >= 15 is 0 Å². The van der Waals surface area contributed by atoms with Crippen molar-refractivity contribution in [1.82, 2.24) is 29.9 Å². The van der Waals surface area contributed by atoms with Gasteiger partial charge in [0.2, 0.25) is 35.6 Å². The zero-order chi connectivity index (χ0) is 67.7. The third-order valence-electron chi connectivity index (χ3n) is 20.2. The predicted octanol–water partition coefficient (Wildman–Crippen LogP) is 11.3. The van der Waals surface area contributed by atoms with Crippen LogP contribution in [-0.2, 0) is 45.1 Å². The number of nitro groups is 1. The normalized spacial score (nSPS) is 24.8. The third-order valence-corrected chi connectivity index (χ3v) is 20.2. The maximum atomic E-state index is 13.7. The van der Waals surface area contributed by atoms with Crippen LogP contribution in [0.1, 0.15) is 170 Å². The number of amides is 3. The van der Waals surface area contributed by atoms with E-state index in [1.165, 1.54) is 25.7 Å². The van der Waals surface area contributed by atoms with Crippen molar-refractivity contribution in [3.05, 3.63) is 270 Å². The number of esters is 3. The van der Waals surface area contributed by atoms with Gasteiger partial charge in [-0.05, 0) is 85.5 Å². The molecule has 3 unspecified atom stereocenters. The number of aromatic nitrogens is 6. The molecule has 482 valence electrons. The largest absolute Gasteiger partial charge is 0.464 e. The van der Waals surface area contributed by atoms with Gasteiger partial charge in [0.15, 0.2) is 0 Å². The molecule has 0 spiro atoms. The highest BCUT2D eigenvalue weighted by molar-refractivity contribution is 5.99. The zero-order valence-electron chi connectivity index (χ0n) is 53.0. The van der Waals surface area contributed by atoms with Gasteiger partial charge in [-0.3, -0.25) is 45.3 Å². The number of hydrogen-bond donors (Lipinski definition) is 6. The molecule has 0 saturated heterocycles. The summed E-state index contributed by atoms with van der Waals surface area (Å²) >= 11 is 0. The average Bonchev–Trinajstić information content (AvgIpc) is 0.932. The number of nitrogens with one attached hydrogen (secondary N) is 6. The number of carbonyl (C=O) groups is 6. The number of benzene rings is 6. The summed E-state index contributed by atoms with van der Waals surface area (Å²) in [5, 5.41) is 31.5. The number of carbonyl (C=O) groups excluding carboxylic acids is 6. The Hall–Kier alpha value is -11.9. The Bertz CT molecular complexity index is 4660.